The Balaban J connectivity index is 1.54. The van der Waals surface area contributed by atoms with E-state index in [1.807, 2.05) is 36.4 Å². The number of fused-ring (bicyclic) bond motifs is 1. The molecule has 0 saturated heterocycles. The number of aromatic amines is 1. The van der Waals surface area contributed by atoms with Crippen molar-refractivity contribution < 1.29 is 28.3 Å². The molecule has 0 saturated carbocycles. The van der Waals surface area contributed by atoms with E-state index in [9.17, 15) is 14.5 Å². The van der Waals surface area contributed by atoms with Gasteiger partial charge >= 0.3 is 13.7 Å². The normalized spacial score (nSPS) is 14.9. The van der Waals surface area contributed by atoms with Crippen LogP contribution in [0.25, 0.3) is 10.9 Å². The van der Waals surface area contributed by atoms with Crippen LogP contribution in [-0.2, 0) is 31.5 Å². The van der Waals surface area contributed by atoms with Crippen LogP contribution in [0.1, 0.15) is 23.1 Å². The first-order chi connectivity index (χ1) is 19.8. The molecule has 2 unspecified atom stereocenters. The number of aliphatic hydroxyl groups is 1. The first-order valence-corrected chi connectivity index (χ1v) is 14.6. The molecule has 1 aromatic heterocycles. The number of aromatic nitrogens is 1. The number of nitrogens with one attached hydrogen (secondary N) is 2. The minimum absolute atomic E-state index is 0.134. The number of benzene rings is 3. The van der Waals surface area contributed by atoms with E-state index in [0.29, 0.717) is 12.0 Å². The molecule has 0 fully saturated rings. The summed E-state index contributed by atoms with van der Waals surface area (Å²) < 4.78 is 30.8. The Kier molecular flexibility index (Phi) is 9.95. The number of nitrogens with zero attached hydrogens (tertiary/aromatic N) is 1. The quantitative estimate of drug-likeness (QED) is 0.127. The number of nitrogens with two attached hydrogens (primary N) is 1. The molecule has 3 atom stereocenters. The zero-order valence-corrected chi connectivity index (χ0v) is 23.6. The van der Waals surface area contributed by atoms with Crippen LogP contribution in [0.3, 0.4) is 0 Å². The lowest BCUT2D eigenvalue weighted by Crippen LogP contribution is -2.49. The average molecular weight is 577 g/mol. The molecule has 0 bridgehead atoms. The second-order valence-corrected chi connectivity index (χ2v) is 11.5. The van der Waals surface area contributed by atoms with Crippen molar-refractivity contribution in [2.24, 2.45) is 5.73 Å². The summed E-state index contributed by atoms with van der Waals surface area (Å²) in [6.45, 7) is -0.789. The molecule has 1 heterocycles. The Hall–Kier alpha value is -3.97. The molecule has 5 N–H and O–H groups in total. The third kappa shape index (κ3) is 8.04. The second-order valence-electron chi connectivity index (χ2n) is 9.77. The minimum atomic E-state index is -4.25. The lowest BCUT2D eigenvalue weighted by atomic mass is 9.94. The fraction of sp³-hybridized carbons (Fsp3) is 0.267. The lowest BCUT2D eigenvalue weighted by molar-refractivity contribution is -0.142. The van der Waals surface area contributed by atoms with E-state index in [4.69, 9.17) is 24.8 Å². The monoisotopic (exact) mass is 576 g/mol. The number of carbonyl (C=O) groups excluding carboxylic acids is 1. The van der Waals surface area contributed by atoms with Crippen molar-refractivity contribution in [3.05, 3.63) is 102 Å². The predicted molar refractivity (Wildman–Crippen MR) is 155 cm³/mol. The number of carbonyl (C=O) groups is 1. The van der Waals surface area contributed by atoms with Gasteiger partial charge in [0.05, 0.1) is 37.5 Å². The smallest absolute Gasteiger partial charge is 0.459 e. The summed E-state index contributed by atoms with van der Waals surface area (Å²) in [5.74, 6) is -0.402. The van der Waals surface area contributed by atoms with E-state index in [1.165, 1.54) is 7.11 Å². The minimum Gasteiger partial charge on any atom is -0.468 e. The third-order valence-electron chi connectivity index (χ3n) is 6.70. The van der Waals surface area contributed by atoms with Crippen molar-refractivity contribution in [1.82, 2.24) is 10.1 Å². The number of esters is 1. The van der Waals surface area contributed by atoms with Crippen LogP contribution in [0.2, 0.25) is 0 Å². The van der Waals surface area contributed by atoms with Gasteiger partial charge in [-0.25, -0.2) is 4.57 Å². The summed E-state index contributed by atoms with van der Waals surface area (Å²) in [5.41, 5.74) is 8.34. The highest BCUT2D eigenvalue weighted by Crippen LogP contribution is 2.46. The van der Waals surface area contributed by atoms with Gasteiger partial charge < -0.3 is 25.1 Å². The van der Waals surface area contributed by atoms with E-state index >= 15 is 0 Å². The largest absolute Gasteiger partial charge is 0.468 e. The van der Waals surface area contributed by atoms with Gasteiger partial charge in [-0.2, -0.15) is 10.3 Å². The van der Waals surface area contributed by atoms with E-state index in [0.717, 1.165) is 22.0 Å². The average Bonchev–Trinajstić information content (AvgIpc) is 3.41. The number of para-hydroxylation sites is 2. The lowest BCUT2D eigenvalue weighted by Gasteiger charge is -2.30. The Morgan fingerprint density at radius 3 is 2.51 bits per heavy atom. The van der Waals surface area contributed by atoms with Gasteiger partial charge in [-0.05, 0) is 54.3 Å². The Morgan fingerprint density at radius 2 is 1.83 bits per heavy atom. The summed E-state index contributed by atoms with van der Waals surface area (Å²) in [5, 5.41) is 22.8. The first-order valence-electron chi connectivity index (χ1n) is 13.0. The highest BCUT2D eigenvalue weighted by molar-refractivity contribution is 7.52. The Labute approximate surface area is 238 Å². The molecule has 0 aliphatic heterocycles. The summed E-state index contributed by atoms with van der Waals surface area (Å²) in [7, 11) is -3.00. The van der Waals surface area contributed by atoms with Crippen molar-refractivity contribution in [2.75, 3.05) is 20.3 Å². The zero-order chi connectivity index (χ0) is 29.3. The Morgan fingerprint density at radius 1 is 1.12 bits per heavy atom. The number of rotatable bonds is 14. The maximum atomic E-state index is 14.2. The van der Waals surface area contributed by atoms with Gasteiger partial charge in [0.2, 0.25) is 0 Å². The van der Waals surface area contributed by atoms with Gasteiger partial charge in [0.1, 0.15) is 11.8 Å². The van der Waals surface area contributed by atoms with E-state index < -0.39 is 31.9 Å². The van der Waals surface area contributed by atoms with Gasteiger partial charge in [-0.3, -0.25) is 9.32 Å². The molecule has 41 heavy (non-hydrogen) atoms. The molecule has 3 aromatic carbocycles. The van der Waals surface area contributed by atoms with Crippen LogP contribution in [0.5, 0.6) is 5.75 Å². The van der Waals surface area contributed by atoms with Gasteiger partial charge in [-0.1, -0.05) is 48.5 Å². The van der Waals surface area contributed by atoms with E-state index in [1.54, 1.807) is 48.7 Å². The Bertz CT molecular complexity index is 1540. The molecule has 4 aromatic rings. The van der Waals surface area contributed by atoms with Crippen molar-refractivity contribution in [2.45, 2.75) is 30.8 Å². The molecule has 0 spiro atoms. The third-order valence-corrected chi connectivity index (χ3v) is 8.25. The van der Waals surface area contributed by atoms with Gasteiger partial charge in [-0.15, -0.1) is 0 Å². The fourth-order valence-corrected chi connectivity index (χ4v) is 5.88. The van der Waals surface area contributed by atoms with Crippen LogP contribution in [0.4, 0.5) is 0 Å². The van der Waals surface area contributed by atoms with Crippen LogP contribution >= 0.6 is 7.75 Å². The molecule has 4 rings (SSSR count). The number of aryl methyl sites for hydroxylation is 1. The van der Waals surface area contributed by atoms with E-state index in [-0.39, 0.29) is 25.2 Å². The SMILES string of the molecule is COC(=O)[C@H](Cc1c[nH]c2ccccc12)NP(=O)(OCC(N)(CO)CCc1ccc(C#N)cc1)Oc1ccccc1. The molecular formula is C30H33N4O6P. The van der Waals surface area contributed by atoms with Gasteiger partial charge in [0.25, 0.3) is 0 Å². The zero-order valence-electron chi connectivity index (χ0n) is 22.7. The van der Waals surface area contributed by atoms with Crippen molar-refractivity contribution in [3.63, 3.8) is 0 Å². The number of aliphatic hydroxyl groups excluding tert-OH is 1. The summed E-state index contributed by atoms with van der Waals surface area (Å²) in [4.78, 5) is 16.0. The van der Waals surface area contributed by atoms with Crippen molar-refractivity contribution in [1.29, 1.82) is 5.26 Å². The maximum Gasteiger partial charge on any atom is 0.459 e. The summed E-state index contributed by atoms with van der Waals surface area (Å²) in [6, 6.07) is 24.1. The molecule has 11 heteroatoms. The molecule has 214 valence electrons. The molecule has 0 radical (unpaired) electrons. The van der Waals surface area contributed by atoms with Crippen LogP contribution < -0.4 is 15.3 Å². The highest BCUT2D eigenvalue weighted by Gasteiger charge is 2.37. The number of H-pyrrole nitrogens is 1. The number of hydrogen-bond donors (Lipinski definition) is 4. The van der Waals surface area contributed by atoms with Crippen LogP contribution in [-0.4, -0.2) is 48.0 Å². The van der Waals surface area contributed by atoms with Crippen LogP contribution in [0.15, 0.2) is 85.1 Å². The maximum absolute atomic E-state index is 14.2. The molecule has 0 aliphatic rings. The topological polar surface area (TPSA) is 160 Å². The molecule has 0 aliphatic carbocycles. The van der Waals surface area contributed by atoms with Crippen molar-refractivity contribution in [3.8, 4) is 11.8 Å². The number of ether oxygens (including phenoxy) is 1. The number of nitriles is 1. The number of hydrogen-bond acceptors (Lipinski definition) is 8. The predicted octanol–water partition coefficient (Wildman–Crippen LogP) is 4.24. The first kappa shape index (κ1) is 30.0. The summed E-state index contributed by atoms with van der Waals surface area (Å²) >= 11 is 0. The molecular weight excluding hydrogens is 543 g/mol. The van der Waals surface area contributed by atoms with Crippen LogP contribution in [0, 0.1) is 11.3 Å². The molecule has 0 amide bonds. The molecule has 10 nitrogen and oxygen atoms in total. The highest BCUT2D eigenvalue weighted by atomic mass is 31.2. The van der Waals surface area contributed by atoms with Gasteiger partial charge in [0, 0.05) is 23.5 Å². The summed E-state index contributed by atoms with van der Waals surface area (Å²) in [6.07, 6.45) is 2.69. The number of methoxy groups -OCH3 is 1. The van der Waals surface area contributed by atoms with E-state index in [2.05, 4.69) is 16.1 Å². The van der Waals surface area contributed by atoms with Gasteiger partial charge in [0.15, 0.2) is 0 Å². The fourth-order valence-electron chi connectivity index (χ4n) is 4.29. The second kappa shape index (κ2) is 13.6. The van der Waals surface area contributed by atoms with Crippen molar-refractivity contribution >= 4 is 24.6 Å². The standard InChI is InChI=1S/C30H33N4O6P/c1-38-29(36)28(17-24-19-33-27-10-6-5-9-26(24)27)34-41(37,40-25-7-3-2-4-8-25)39-21-30(32,20-35)16-15-22-11-13-23(18-31)14-12-22/h2-14,19,28,33,35H,15-17,20-21,32H2,1H3,(H,34,37)/t28-,30?,41?/m0/s1.